The van der Waals surface area contributed by atoms with Gasteiger partial charge in [-0.3, -0.25) is 14.2 Å². The van der Waals surface area contributed by atoms with Gasteiger partial charge in [-0.05, 0) is 92.2 Å². The maximum absolute atomic E-state index is 13.0. The van der Waals surface area contributed by atoms with Crippen molar-refractivity contribution in [3.05, 3.63) is 107 Å². The molecule has 0 saturated heterocycles. The van der Waals surface area contributed by atoms with Crippen molar-refractivity contribution in [1.82, 2.24) is 0 Å². The number of hydrogen-bond donors (Lipinski definition) is 3. The Bertz CT molecular complexity index is 1740. The topological polar surface area (TPSA) is 131 Å². The van der Waals surface area contributed by atoms with Gasteiger partial charge >= 0.3 is 0 Å². The van der Waals surface area contributed by atoms with Gasteiger partial charge < -0.3 is 10.1 Å². The van der Waals surface area contributed by atoms with Crippen molar-refractivity contribution >= 4 is 54.6 Å². The molecule has 0 aliphatic heterocycles. The lowest BCUT2D eigenvalue weighted by molar-refractivity contribution is 0.102. The van der Waals surface area contributed by atoms with Gasteiger partial charge in [0.05, 0.1) is 22.2 Å². The molecule has 3 N–H and O–H groups in total. The second kappa shape index (κ2) is 12.0. The van der Waals surface area contributed by atoms with E-state index in [4.69, 9.17) is 16.3 Å². The van der Waals surface area contributed by atoms with E-state index in [9.17, 15) is 21.6 Å². The van der Waals surface area contributed by atoms with E-state index in [1.165, 1.54) is 42.5 Å². The lowest BCUT2D eigenvalue weighted by Gasteiger charge is -2.13. The summed E-state index contributed by atoms with van der Waals surface area (Å²) in [6.45, 7) is 4.11. The van der Waals surface area contributed by atoms with Crippen LogP contribution in [-0.2, 0) is 20.0 Å². The molecule has 0 spiro atoms. The number of hydrogen-bond acceptors (Lipinski definition) is 6. The summed E-state index contributed by atoms with van der Waals surface area (Å²) in [5.41, 5.74) is 1.83. The molecule has 12 heteroatoms. The monoisotopic (exact) mass is 599 g/mol. The second-order valence-electron chi connectivity index (χ2n) is 8.61. The Morgan fingerprint density at radius 1 is 0.800 bits per heavy atom. The highest BCUT2D eigenvalue weighted by Gasteiger charge is 2.21. The third-order valence-corrected chi connectivity index (χ3v) is 8.96. The number of ether oxygens (including phenoxy) is 1. The molecular weight excluding hydrogens is 574 g/mol. The van der Waals surface area contributed by atoms with E-state index in [-0.39, 0.29) is 20.4 Å². The molecule has 0 atom stereocenters. The van der Waals surface area contributed by atoms with Crippen molar-refractivity contribution in [2.24, 2.45) is 0 Å². The zero-order valence-corrected chi connectivity index (χ0v) is 23.9. The minimum absolute atomic E-state index is 0.0125. The number of aryl methyl sites for hydroxylation is 1. The number of para-hydroxylation sites is 1. The van der Waals surface area contributed by atoms with Crippen molar-refractivity contribution in [2.45, 2.75) is 23.6 Å². The molecule has 0 heterocycles. The van der Waals surface area contributed by atoms with Crippen LogP contribution in [0.2, 0.25) is 5.02 Å². The average Bonchev–Trinajstić information content (AvgIpc) is 2.91. The fourth-order valence-electron chi connectivity index (χ4n) is 3.66. The van der Waals surface area contributed by atoms with E-state index in [2.05, 4.69) is 14.8 Å². The summed E-state index contributed by atoms with van der Waals surface area (Å²) in [6.07, 6.45) is 0. The highest BCUT2D eigenvalue weighted by atomic mass is 35.5. The first-order valence-corrected chi connectivity index (χ1v) is 15.4. The van der Waals surface area contributed by atoms with Gasteiger partial charge in [0, 0.05) is 16.9 Å². The normalized spacial score (nSPS) is 11.5. The largest absolute Gasteiger partial charge is 0.494 e. The Labute approximate surface area is 238 Å². The van der Waals surface area contributed by atoms with Crippen LogP contribution in [0.3, 0.4) is 0 Å². The molecule has 40 heavy (non-hydrogen) atoms. The summed E-state index contributed by atoms with van der Waals surface area (Å²) in [5.74, 6) is 0.0191. The van der Waals surface area contributed by atoms with Crippen molar-refractivity contribution in [3.63, 3.8) is 0 Å². The van der Waals surface area contributed by atoms with Crippen LogP contribution in [0.5, 0.6) is 5.75 Å². The number of rotatable bonds is 10. The number of anilines is 3. The summed E-state index contributed by atoms with van der Waals surface area (Å²) in [4.78, 5) is 12.6. The Morgan fingerprint density at radius 3 is 2.10 bits per heavy atom. The molecule has 0 aromatic heterocycles. The van der Waals surface area contributed by atoms with E-state index < -0.39 is 26.0 Å². The van der Waals surface area contributed by atoms with Crippen LogP contribution in [0.1, 0.15) is 22.8 Å². The van der Waals surface area contributed by atoms with Gasteiger partial charge in [-0.25, -0.2) is 16.8 Å². The predicted octanol–water partition coefficient (Wildman–Crippen LogP) is 5.90. The van der Waals surface area contributed by atoms with Crippen LogP contribution >= 0.6 is 11.6 Å². The number of nitrogens with one attached hydrogen (secondary N) is 3. The molecule has 0 bridgehead atoms. The first-order chi connectivity index (χ1) is 19.0. The molecule has 0 unspecified atom stereocenters. The van der Waals surface area contributed by atoms with Gasteiger partial charge in [-0.2, -0.15) is 0 Å². The molecular formula is C28H26ClN3O6S2. The van der Waals surface area contributed by atoms with E-state index in [1.54, 1.807) is 55.5 Å². The van der Waals surface area contributed by atoms with Crippen LogP contribution in [0, 0.1) is 6.92 Å². The smallest absolute Gasteiger partial charge is 0.263 e. The molecule has 0 aliphatic rings. The number of carbonyl (C=O) groups excluding carboxylic acids is 1. The number of benzene rings is 4. The van der Waals surface area contributed by atoms with Crippen LogP contribution in [0.4, 0.5) is 17.1 Å². The number of halogens is 1. The third kappa shape index (κ3) is 6.92. The average molecular weight is 600 g/mol. The maximum Gasteiger partial charge on any atom is 0.263 e. The van der Waals surface area contributed by atoms with E-state index >= 15 is 0 Å². The second-order valence-corrected chi connectivity index (χ2v) is 12.3. The minimum Gasteiger partial charge on any atom is -0.494 e. The molecule has 0 aliphatic carbocycles. The van der Waals surface area contributed by atoms with E-state index in [0.717, 1.165) is 5.56 Å². The fraction of sp³-hybridized carbons (Fsp3) is 0.107. The number of carbonyl (C=O) groups is 1. The van der Waals surface area contributed by atoms with Crippen molar-refractivity contribution in [2.75, 3.05) is 21.4 Å². The van der Waals surface area contributed by atoms with Gasteiger partial charge in [0.25, 0.3) is 26.0 Å². The van der Waals surface area contributed by atoms with Gasteiger partial charge in [-0.1, -0.05) is 29.8 Å². The third-order valence-electron chi connectivity index (χ3n) is 5.71. The summed E-state index contributed by atoms with van der Waals surface area (Å²) in [7, 11) is -7.97. The molecule has 4 aromatic carbocycles. The molecule has 4 aromatic rings. The lowest BCUT2D eigenvalue weighted by Crippen LogP contribution is -2.17. The van der Waals surface area contributed by atoms with Crippen LogP contribution in [0.15, 0.2) is 101 Å². The molecule has 4 rings (SSSR count). The Kier molecular flexibility index (Phi) is 8.67. The summed E-state index contributed by atoms with van der Waals surface area (Å²) < 4.78 is 61.9. The first kappa shape index (κ1) is 28.9. The summed E-state index contributed by atoms with van der Waals surface area (Å²) >= 11 is 6.17. The van der Waals surface area contributed by atoms with Crippen LogP contribution in [-0.4, -0.2) is 29.3 Å². The predicted molar refractivity (Wildman–Crippen MR) is 156 cm³/mol. The molecule has 9 nitrogen and oxygen atoms in total. The fourth-order valence-corrected chi connectivity index (χ4v) is 6.37. The zero-order valence-electron chi connectivity index (χ0n) is 21.5. The molecule has 0 saturated carbocycles. The lowest BCUT2D eigenvalue weighted by atomic mass is 10.2. The van der Waals surface area contributed by atoms with E-state index in [1.807, 2.05) is 6.92 Å². The zero-order chi connectivity index (χ0) is 28.9. The Balaban J connectivity index is 1.47. The van der Waals surface area contributed by atoms with Crippen molar-refractivity contribution in [3.8, 4) is 5.75 Å². The molecule has 208 valence electrons. The van der Waals surface area contributed by atoms with Gasteiger partial charge in [0.2, 0.25) is 0 Å². The minimum atomic E-state index is -4.09. The van der Waals surface area contributed by atoms with Gasteiger partial charge in [0.1, 0.15) is 10.6 Å². The molecule has 0 radical (unpaired) electrons. The SMILES string of the molecule is CCOc1ccc(NS(=O)(=O)c2ccc(NC(=O)c3ccc(Cl)c(S(=O)(=O)Nc4ccccc4C)c3)cc2)cc1. The highest BCUT2D eigenvalue weighted by molar-refractivity contribution is 7.93. The number of amides is 1. The first-order valence-electron chi connectivity index (χ1n) is 12.0. The van der Waals surface area contributed by atoms with Gasteiger partial charge in [0.15, 0.2) is 0 Å². The van der Waals surface area contributed by atoms with Crippen molar-refractivity contribution in [1.29, 1.82) is 0 Å². The maximum atomic E-state index is 13.0. The van der Waals surface area contributed by atoms with Gasteiger partial charge in [-0.15, -0.1) is 0 Å². The number of sulfonamides is 2. The standard InChI is InChI=1S/C28H26ClN3O6S2/c1-3-38-23-13-9-22(10-14-23)31-39(34,35)24-15-11-21(12-16-24)30-28(33)20-8-17-25(29)27(18-20)40(36,37)32-26-7-5-4-6-19(26)2/h4-18,31-32H,3H2,1-2H3,(H,30,33). The summed E-state index contributed by atoms with van der Waals surface area (Å²) in [5, 5.41) is 2.59. The Morgan fingerprint density at radius 2 is 1.45 bits per heavy atom. The quantitative estimate of drug-likeness (QED) is 0.208. The van der Waals surface area contributed by atoms with Crippen molar-refractivity contribution < 1.29 is 26.4 Å². The van der Waals surface area contributed by atoms with Crippen LogP contribution in [0.25, 0.3) is 0 Å². The molecule has 0 fully saturated rings. The summed E-state index contributed by atoms with van der Waals surface area (Å²) in [6, 6.07) is 22.8. The van der Waals surface area contributed by atoms with E-state index in [0.29, 0.717) is 29.4 Å². The highest BCUT2D eigenvalue weighted by Crippen LogP contribution is 2.27. The molecule has 1 amide bonds. The Hall–Kier alpha value is -4.06. The van der Waals surface area contributed by atoms with Crippen LogP contribution < -0.4 is 19.5 Å².